The first-order valence-corrected chi connectivity index (χ1v) is 9.68. The lowest BCUT2D eigenvalue weighted by Crippen LogP contribution is -2.31. The van der Waals surface area contributed by atoms with Gasteiger partial charge in [-0.25, -0.2) is 5.43 Å². The number of carbonyl (C=O) groups is 1. The second-order valence-corrected chi connectivity index (χ2v) is 7.16. The predicted molar refractivity (Wildman–Crippen MR) is 111 cm³/mol. The fourth-order valence-electron chi connectivity index (χ4n) is 3.64. The SMILES string of the molecule is COc1ccc(C2NNC(C)C2CC(=O)NCc2ccc(OC)c(OC)c2)cc1. The van der Waals surface area contributed by atoms with Crippen LogP contribution in [0.1, 0.15) is 30.5 Å². The van der Waals surface area contributed by atoms with Gasteiger partial charge >= 0.3 is 0 Å². The van der Waals surface area contributed by atoms with E-state index in [9.17, 15) is 4.79 Å². The Labute approximate surface area is 171 Å². The van der Waals surface area contributed by atoms with Gasteiger partial charge in [-0.1, -0.05) is 18.2 Å². The van der Waals surface area contributed by atoms with E-state index < -0.39 is 0 Å². The summed E-state index contributed by atoms with van der Waals surface area (Å²) in [5.41, 5.74) is 8.66. The van der Waals surface area contributed by atoms with Crippen molar-refractivity contribution in [3.8, 4) is 17.2 Å². The van der Waals surface area contributed by atoms with Crippen molar-refractivity contribution in [3.63, 3.8) is 0 Å². The molecule has 1 amide bonds. The van der Waals surface area contributed by atoms with Gasteiger partial charge in [0.05, 0.1) is 27.4 Å². The molecule has 0 aliphatic carbocycles. The second-order valence-electron chi connectivity index (χ2n) is 7.16. The summed E-state index contributed by atoms with van der Waals surface area (Å²) in [5.74, 6) is 2.28. The van der Waals surface area contributed by atoms with Gasteiger partial charge in [0.25, 0.3) is 0 Å². The molecule has 7 heteroatoms. The summed E-state index contributed by atoms with van der Waals surface area (Å²) in [6, 6.07) is 13.8. The van der Waals surface area contributed by atoms with Crippen LogP contribution in [0.3, 0.4) is 0 Å². The van der Waals surface area contributed by atoms with E-state index in [0.717, 1.165) is 16.9 Å². The first-order valence-electron chi connectivity index (χ1n) is 9.68. The van der Waals surface area contributed by atoms with Gasteiger partial charge in [0.15, 0.2) is 11.5 Å². The number of carbonyl (C=O) groups excluding carboxylic acids is 1. The van der Waals surface area contributed by atoms with Crippen LogP contribution in [0.15, 0.2) is 42.5 Å². The normalized spacial score (nSPS) is 20.9. The minimum atomic E-state index is 0.0145. The quantitative estimate of drug-likeness (QED) is 0.633. The van der Waals surface area contributed by atoms with Gasteiger partial charge in [-0.05, 0) is 42.3 Å². The molecular weight excluding hydrogens is 370 g/mol. The molecule has 3 rings (SSSR count). The van der Waals surface area contributed by atoms with Crippen LogP contribution in [0.2, 0.25) is 0 Å². The lowest BCUT2D eigenvalue weighted by Gasteiger charge is -2.21. The highest BCUT2D eigenvalue weighted by Crippen LogP contribution is 2.32. The van der Waals surface area contributed by atoms with E-state index in [4.69, 9.17) is 14.2 Å². The summed E-state index contributed by atoms with van der Waals surface area (Å²) < 4.78 is 15.8. The van der Waals surface area contributed by atoms with Gasteiger partial charge in [0, 0.05) is 24.9 Å². The van der Waals surface area contributed by atoms with E-state index in [0.29, 0.717) is 24.5 Å². The topological polar surface area (TPSA) is 80.9 Å². The number of hydrogen-bond acceptors (Lipinski definition) is 6. The van der Waals surface area contributed by atoms with Crippen LogP contribution in [0.4, 0.5) is 0 Å². The Kier molecular flexibility index (Phi) is 6.95. The summed E-state index contributed by atoms with van der Waals surface area (Å²) >= 11 is 0. The molecule has 1 aliphatic rings. The van der Waals surface area contributed by atoms with Crippen molar-refractivity contribution >= 4 is 5.91 Å². The lowest BCUT2D eigenvalue weighted by atomic mass is 9.87. The summed E-state index contributed by atoms with van der Waals surface area (Å²) in [7, 11) is 4.85. The van der Waals surface area contributed by atoms with Gasteiger partial charge in [0.1, 0.15) is 5.75 Å². The van der Waals surface area contributed by atoms with E-state index in [1.807, 2.05) is 42.5 Å². The molecule has 1 heterocycles. The maximum Gasteiger partial charge on any atom is 0.220 e. The van der Waals surface area contributed by atoms with Crippen LogP contribution in [-0.2, 0) is 11.3 Å². The van der Waals surface area contributed by atoms with Crippen molar-refractivity contribution in [1.82, 2.24) is 16.2 Å². The molecule has 156 valence electrons. The van der Waals surface area contributed by atoms with E-state index in [1.54, 1.807) is 21.3 Å². The number of rotatable bonds is 8. The molecule has 2 aromatic rings. The number of nitrogens with one attached hydrogen (secondary N) is 3. The monoisotopic (exact) mass is 399 g/mol. The summed E-state index contributed by atoms with van der Waals surface area (Å²) in [6.07, 6.45) is 0.422. The molecule has 7 nitrogen and oxygen atoms in total. The zero-order chi connectivity index (χ0) is 20.8. The Bertz CT molecular complexity index is 825. The van der Waals surface area contributed by atoms with Crippen LogP contribution < -0.4 is 30.4 Å². The van der Waals surface area contributed by atoms with Crippen LogP contribution in [-0.4, -0.2) is 33.3 Å². The fourth-order valence-corrected chi connectivity index (χ4v) is 3.64. The van der Waals surface area contributed by atoms with Gasteiger partial charge < -0.3 is 19.5 Å². The zero-order valence-corrected chi connectivity index (χ0v) is 17.3. The van der Waals surface area contributed by atoms with Gasteiger partial charge in [-0.15, -0.1) is 0 Å². The number of methoxy groups -OCH3 is 3. The number of amides is 1. The van der Waals surface area contributed by atoms with Crippen molar-refractivity contribution < 1.29 is 19.0 Å². The first kappa shape index (κ1) is 21.0. The lowest BCUT2D eigenvalue weighted by molar-refractivity contribution is -0.122. The molecule has 3 unspecified atom stereocenters. The Morgan fingerprint density at radius 3 is 2.34 bits per heavy atom. The molecule has 0 bridgehead atoms. The van der Waals surface area contributed by atoms with E-state index >= 15 is 0 Å². The van der Waals surface area contributed by atoms with Gasteiger partial charge in [-0.3, -0.25) is 10.2 Å². The molecule has 1 aliphatic heterocycles. The van der Waals surface area contributed by atoms with E-state index in [1.165, 1.54) is 0 Å². The summed E-state index contributed by atoms with van der Waals surface area (Å²) in [5, 5.41) is 3.01. The van der Waals surface area contributed by atoms with Crippen LogP contribution in [0.25, 0.3) is 0 Å². The van der Waals surface area contributed by atoms with Crippen molar-refractivity contribution in [2.45, 2.75) is 32.0 Å². The predicted octanol–water partition coefficient (Wildman–Crippen LogP) is 2.57. The molecule has 0 saturated carbocycles. The van der Waals surface area contributed by atoms with Gasteiger partial charge in [-0.2, -0.15) is 0 Å². The van der Waals surface area contributed by atoms with Crippen molar-refractivity contribution in [3.05, 3.63) is 53.6 Å². The van der Waals surface area contributed by atoms with E-state index in [2.05, 4.69) is 23.1 Å². The molecule has 3 N–H and O–H groups in total. The maximum atomic E-state index is 12.6. The number of hydrogen-bond donors (Lipinski definition) is 3. The van der Waals surface area contributed by atoms with Crippen LogP contribution in [0, 0.1) is 5.92 Å². The third kappa shape index (κ3) is 4.99. The molecule has 2 aromatic carbocycles. The molecule has 1 fully saturated rings. The number of ether oxygens (including phenoxy) is 3. The molecule has 0 radical (unpaired) electrons. The highest BCUT2D eigenvalue weighted by atomic mass is 16.5. The minimum absolute atomic E-state index is 0.0145. The molecule has 29 heavy (non-hydrogen) atoms. The van der Waals surface area contributed by atoms with Crippen LogP contribution >= 0.6 is 0 Å². The zero-order valence-electron chi connectivity index (χ0n) is 17.3. The highest BCUT2D eigenvalue weighted by Gasteiger charge is 2.35. The van der Waals surface area contributed by atoms with E-state index in [-0.39, 0.29) is 23.9 Å². The minimum Gasteiger partial charge on any atom is -0.497 e. The summed E-state index contributed by atoms with van der Waals surface area (Å²) in [4.78, 5) is 12.6. The largest absolute Gasteiger partial charge is 0.497 e. The Hall–Kier alpha value is -2.77. The van der Waals surface area contributed by atoms with Crippen molar-refractivity contribution in [2.24, 2.45) is 5.92 Å². The van der Waals surface area contributed by atoms with Crippen molar-refractivity contribution in [2.75, 3.05) is 21.3 Å². The van der Waals surface area contributed by atoms with Crippen molar-refractivity contribution in [1.29, 1.82) is 0 Å². The third-order valence-corrected chi connectivity index (χ3v) is 5.37. The average molecular weight is 399 g/mol. The highest BCUT2D eigenvalue weighted by molar-refractivity contribution is 5.76. The summed E-state index contributed by atoms with van der Waals surface area (Å²) in [6.45, 7) is 2.52. The maximum absolute atomic E-state index is 12.6. The molecule has 0 spiro atoms. The second kappa shape index (κ2) is 9.62. The molecular formula is C22H29N3O4. The smallest absolute Gasteiger partial charge is 0.220 e. The number of benzene rings is 2. The first-order chi connectivity index (χ1) is 14.0. The Morgan fingerprint density at radius 1 is 0.966 bits per heavy atom. The van der Waals surface area contributed by atoms with Gasteiger partial charge in [0.2, 0.25) is 5.91 Å². The fraction of sp³-hybridized carbons (Fsp3) is 0.409. The van der Waals surface area contributed by atoms with Crippen LogP contribution in [0.5, 0.6) is 17.2 Å². The average Bonchev–Trinajstić information content (AvgIpc) is 3.12. The standard InChI is InChI=1S/C22H29N3O4/c1-14-18(22(25-24-14)16-6-8-17(27-2)9-7-16)12-21(26)23-13-15-5-10-19(28-3)20(11-15)29-4/h5-11,14,18,22,24-25H,12-13H2,1-4H3,(H,23,26). The molecule has 3 atom stereocenters. The third-order valence-electron chi connectivity index (χ3n) is 5.37. The Balaban J connectivity index is 1.61. The molecule has 0 aromatic heterocycles. The Morgan fingerprint density at radius 2 is 1.69 bits per heavy atom. The molecule has 1 saturated heterocycles. The number of hydrazine groups is 1.